The van der Waals surface area contributed by atoms with Crippen LogP contribution in [0.25, 0.3) is 66.1 Å². The Balaban J connectivity index is 1.27. The maximum absolute atomic E-state index is 2.44. The second-order valence-electron chi connectivity index (χ2n) is 11.7. The number of rotatable bonds is 3. The molecule has 194 valence electrons. The van der Waals surface area contributed by atoms with Crippen LogP contribution in [0.3, 0.4) is 0 Å². The van der Waals surface area contributed by atoms with Crippen LogP contribution in [0.1, 0.15) is 25.0 Å². The molecule has 0 amide bonds. The number of hydrogen-bond donors (Lipinski definition) is 0. The van der Waals surface area contributed by atoms with Gasteiger partial charge in [-0.2, -0.15) is 0 Å². The minimum Gasteiger partial charge on any atom is -0.0622 e. The summed E-state index contributed by atoms with van der Waals surface area (Å²) < 4.78 is 0. The zero-order valence-corrected chi connectivity index (χ0v) is 23.4. The van der Waals surface area contributed by atoms with Gasteiger partial charge in [0.15, 0.2) is 0 Å². The Morgan fingerprint density at radius 2 is 0.854 bits per heavy atom. The van der Waals surface area contributed by atoms with Crippen LogP contribution >= 0.6 is 0 Å². The van der Waals surface area contributed by atoms with Crippen LogP contribution in [0.4, 0.5) is 0 Å². The standard InChI is InChI=1S/C41H30/c1-41(2)39-25-29(27-11-4-3-5-12-27)21-23-37(39)38-24-22-30(26-40(38)41)32-16-9-19-36-34(32)18-10-20-35(36)33-17-8-14-28-13-6-7-15-31(28)33/h3-26H,1-2H3. The highest BCUT2D eigenvalue weighted by Gasteiger charge is 2.36. The van der Waals surface area contributed by atoms with Gasteiger partial charge in [-0.15, -0.1) is 0 Å². The van der Waals surface area contributed by atoms with Crippen LogP contribution in [0.2, 0.25) is 0 Å². The van der Waals surface area contributed by atoms with Gasteiger partial charge in [0.1, 0.15) is 0 Å². The van der Waals surface area contributed by atoms with Crippen molar-refractivity contribution in [3.05, 3.63) is 157 Å². The predicted octanol–water partition coefficient (Wildman–Crippen LogP) is 11.3. The van der Waals surface area contributed by atoms with E-state index in [1.807, 2.05) is 0 Å². The maximum Gasteiger partial charge on any atom is 0.0159 e. The van der Waals surface area contributed by atoms with E-state index in [1.165, 1.54) is 77.2 Å². The Kier molecular flexibility index (Phi) is 5.27. The Bertz CT molecular complexity index is 2110. The molecule has 0 saturated carbocycles. The summed E-state index contributed by atoms with van der Waals surface area (Å²) in [6.45, 7) is 4.75. The van der Waals surface area contributed by atoms with Gasteiger partial charge in [-0.05, 0) is 89.3 Å². The van der Waals surface area contributed by atoms with E-state index in [1.54, 1.807) is 0 Å². The molecule has 0 unspecified atom stereocenters. The molecule has 0 fully saturated rings. The molecular weight excluding hydrogens is 492 g/mol. The van der Waals surface area contributed by atoms with Crippen molar-refractivity contribution in [2.75, 3.05) is 0 Å². The van der Waals surface area contributed by atoms with E-state index >= 15 is 0 Å². The maximum atomic E-state index is 2.44. The summed E-state index contributed by atoms with van der Waals surface area (Å²) >= 11 is 0. The van der Waals surface area contributed by atoms with Gasteiger partial charge in [0.25, 0.3) is 0 Å². The normalized spacial score (nSPS) is 13.3. The van der Waals surface area contributed by atoms with Gasteiger partial charge in [0.2, 0.25) is 0 Å². The lowest BCUT2D eigenvalue weighted by Gasteiger charge is -2.23. The molecule has 7 aromatic carbocycles. The smallest absolute Gasteiger partial charge is 0.0159 e. The van der Waals surface area contributed by atoms with Crippen molar-refractivity contribution in [2.24, 2.45) is 0 Å². The fourth-order valence-electron chi connectivity index (χ4n) is 6.97. The molecule has 0 aromatic heterocycles. The third-order valence-corrected chi connectivity index (χ3v) is 9.10. The van der Waals surface area contributed by atoms with E-state index in [0.29, 0.717) is 0 Å². The predicted molar refractivity (Wildman–Crippen MR) is 175 cm³/mol. The average Bonchev–Trinajstić information content (AvgIpc) is 3.26. The van der Waals surface area contributed by atoms with Gasteiger partial charge < -0.3 is 0 Å². The molecule has 0 heteroatoms. The van der Waals surface area contributed by atoms with Crippen LogP contribution in [0, 0.1) is 0 Å². The average molecular weight is 523 g/mol. The number of fused-ring (bicyclic) bond motifs is 5. The summed E-state index contributed by atoms with van der Waals surface area (Å²) in [5.41, 5.74) is 13.1. The van der Waals surface area contributed by atoms with Crippen molar-refractivity contribution in [3.8, 4) is 44.5 Å². The molecule has 0 bridgehead atoms. The lowest BCUT2D eigenvalue weighted by Crippen LogP contribution is -2.15. The van der Waals surface area contributed by atoms with Gasteiger partial charge in [-0.1, -0.05) is 147 Å². The second-order valence-corrected chi connectivity index (χ2v) is 11.7. The van der Waals surface area contributed by atoms with Gasteiger partial charge in [0.05, 0.1) is 0 Å². The highest BCUT2D eigenvalue weighted by molar-refractivity contribution is 6.09. The van der Waals surface area contributed by atoms with Crippen LogP contribution in [0.5, 0.6) is 0 Å². The van der Waals surface area contributed by atoms with E-state index < -0.39 is 0 Å². The first kappa shape index (κ1) is 23.9. The van der Waals surface area contributed by atoms with Gasteiger partial charge in [-0.25, -0.2) is 0 Å². The third kappa shape index (κ3) is 3.68. The van der Waals surface area contributed by atoms with Crippen LogP contribution in [0.15, 0.2) is 146 Å². The van der Waals surface area contributed by atoms with Crippen molar-refractivity contribution in [2.45, 2.75) is 19.3 Å². The lowest BCUT2D eigenvalue weighted by molar-refractivity contribution is 0.661. The van der Waals surface area contributed by atoms with Gasteiger partial charge >= 0.3 is 0 Å². The fourth-order valence-corrected chi connectivity index (χ4v) is 6.97. The summed E-state index contributed by atoms with van der Waals surface area (Å²) in [7, 11) is 0. The second kappa shape index (κ2) is 9.04. The highest BCUT2D eigenvalue weighted by atomic mass is 14.4. The first-order valence-electron chi connectivity index (χ1n) is 14.4. The third-order valence-electron chi connectivity index (χ3n) is 9.10. The molecule has 0 spiro atoms. The Morgan fingerprint density at radius 3 is 1.61 bits per heavy atom. The zero-order valence-electron chi connectivity index (χ0n) is 23.4. The van der Waals surface area contributed by atoms with Gasteiger partial charge in [-0.3, -0.25) is 0 Å². The van der Waals surface area contributed by atoms with Crippen LogP contribution in [-0.4, -0.2) is 0 Å². The van der Waals surface area contributed by atoms with E-state index in [0.717, 1.165) is 0 Å². The molecule has 0 heterocycles. The summed E-state index contributed by atoms with van der Waals surface area (Å²) in [4.78, 5) is 0. The summed E-state index contributed by atoms with van der Waals surface area (Å²) in [5.74, 6) is 0. The zero-order chi connectivity index (χ0) is 27.6. The molecule has 0 saturated heterocycles. The monoisotopic (exact) mass is 522 g/mol. The quantitative estimate of drug-likeness (QED) is 0.216. The van der Waals surface area contributed by atoms with Crippen LogP contribution < -0.4 is 0 Å². The molecule has 8 rings (SSSR count). The minimum absolute atomic E-state index is 0.0792. The number of benzene rings is 7. The molecule has 1 aliphatic carbocycles. The van der Waals surface area contributed by atoms with Gasteiger partial charge in [0, 0.05) is 5.41 Å². The molecule has 7 aromatic rings. The van der Waals surface area contributed by atoms with Crippen molar-refractivity contribution < 1.29 is 0 Å². The van der Waals surface area contributed by atoms with E-state index in [4.69, 9.17) is 0 Å². The lowest BCUT2D eigenvalue weighted by atomic mass is 9.80. The molecule has 0 N–H and O–H groups in total. The Hall–Kier alpha value is -4.94. The van der Waals surface area contributed by atoms with Crippen molar-refractivity contribution in [3.63, 3.8) is 0 Å². The Morgan fingerprint density at radius 1 is 0.341 bits per heavy atom. The topological polar surface area (TPSA) is 0 Å². The van der Waals surface area contributed by atoms with Crippen molar-refractivity contribution in [1.82, 2.24) is 0 Å². The molecule has 0 aliphatic heterocycles. The molecule has 41 heavy (non-hydrogen) atoms. The molecule has 0 radical (unpaired) electrons. The first-order chi connectivity index (χ1) is 20.1. The number of hydrogen-bond acceptors (Lipinski definition) is 0. The van der Waals surface area contributed by atoms with Crippen molar-refractivity contribution >= 4 is 21.5 Å². The summed E-state index contributed by atoms with van der Waals surface area (Å²) in [6, 6.07) is 53.6. The molecule has 0 nitrogen and oxygen atoms in total. The SMILES string of the molecule is CC1(C)c2cc(-c3ccccc3)ccc2-c2ccc(-c3cccc4c(-c5cccc6ccccc56)cccc34)cc21. The minimum atomic E-state index is -0.0792. The summed E-state index contributed by atoms with van der Waals surface area (Å²) in [5, 5.41) is 5.14. The largest absolute Gasteiger partial charge is 0.0622 e. The molecule has 0 atom stereocenters. The summed E-state index contributed by atoms with van der Waals surface area (Å²) in [6.07, 6.45) is 0. The molecular formula is C41H30. The van der Waals surface area contributed by atoms with E-state index in [9.17, 15) is 0 Å². The van der Waals surface area contributed by atoms with E-state index in [-0.39, 0.29) is 5.41 Å². The fraction of sp³-hybridized carbons (Fsp3) is 0.0732. The highest BCUT2D eigenvalue weighted by Crippen LogP contribution is 2.51. The molecule has 1 aliphatic rings. The van der Waals surface area contributed by atoms with E-state index in [2.05, 4.69) is 159 Å². The Labute approximate surface area is 241 Å². The first-order valence-corrected chi connectivity index (χ1v) is 14.4. The van der Waals surface area contributed by atoms with Crippen LogP contribution in [-0.2, 0) is 5.41 Å². The van der Waals surface area contributed by atoms with Crippen molar-refractivity contribution in [1.29, 1.82) is 0 Å².